The van der Waals surface area contributed by atoms with Crippen LogP contribution in [0.15, 0.2) is 29.2 Å². The van der Waals surface area contributed by atoms with Crippen molar-refractivity contribution in [2.45, 2.75) is 36.7 Å². The molecule has 1 aliphatic carbocycles. The van der Waals surface area contributed by atoms with E-state index in [0.717, 1.165) is 25.7 Å². The number of hydrogen-bond acceptors (Lipinski definition) is 4. The van der Waals surface area contributed by atoms with Crippen LogP contribution in [0.25, 0.3) is 0 Å². The Kier molecular flexibility index (Phi) is 4.44. The lowest BCUT2D eigenvalue weighted by Gasteiger charge is -2.28. The Bertz CT molecular complexity index is 530. The molecule has 1 saturated carbocycles. The number of anilines is 1. The molecule has 1 fully saturated rings. The zero-order valence-corrected chi connectivity index (χ0v) is 11.6. The van der Waals surface area contributed by atoms with E-state index in [-0.39, 0.29) is 16.9 Å². The molecule has 1 aromatic rings. The number of aliphatic hydroxyl groups is 1. The third-order valence-corrected chi connectivity index (χ3v) is 4.59. The first-order chi connectivity index (χ1) is 8.98. The van der Waals surface area contributed by atoms with E-state index in [0.29, 0.717) is 12.2 Å². The summed E-state index contributed by atoms with van der Waals surface area (Å²) in [6, 6.07) is 6.57. The van der Waals surface area contributed by atoms with E-state index >= 15 is 0 Å². The molecular weight excluding hydrogens is 264 g/mol. The monoisotopic (exact) mass is 284 g/mol. The predicted molar refractivity (Wildman–Crippen MR) is 74.3 cm³/mol. The van der Waals surface area contributed by atoms with Crippen molar-refractivity contribution in [2.24, 2.45) is 11.1 Å². The first-order valence-corrected chi connectivity index (χ1v) is 8.07. The Morgan fingerprint density at radius 2 is 1.95 bits per heavy atom. The fourth-order valence-corrected chi connectivity index (χ4v) is 3.24. The number of rotatable bonds is 4. The Balaban J connectivity index is 2.07. The van der Waals surface area contributed by atoms with Gasteiger partial charge in [-0.2, -0.15) is 0 Å². The van der Waals surface area contributed by atoms with Crippen molar-refractivity contribution in [1.29, 1.82) is 0 Å². The Labute approximate surface area is 113 Å². The molecule has 1 aromatic carbocycles. The summed E-state index contributed by atoms with van der Waals surface area (Å²) >= 11 is 0. The second kappa shape index (κ2) is 5.90. The van der Waals surface area contributed by atoms with Gasteiger partial charge in [-0.3, -0.25) is 0 Å². The average Bonchev–Trinajstić information content (AvgIpc) is 2.37. The molecule has 19 heavy (non-hydrogen) atoms. The van der Waals surface area contributed by atoms with Crippen LogP contribution < -0.4 is 10.5 Å². The highest BCUT2D eigenvalue weighted by Crippen LogP contribution is 2.26. The van der Waals surface area contributed by atoms with Crippen LogP contribution in [0.3, 0.4) is 0 Å². The number of nitrogens with two attached hydrogens (primary N) is 1. The maximum Gasteiger partial charge on any atom is 0.240 e. The molecule has 1 aliphatic rings. The fraction of sp³-hybridized carbons (Fsp3) is 0.538. The average molecular weight is 284 g/mol. The Morgan fingerprint density at radius 1 is 1.26 bits per heavy atom. The lowest BCUT2D eigenvalue weighted by molar-refractivity contribution is 0.0763. The lowest BCUT2D eigenvalue weighted by atomic mass is 9.86. The van der Waals surface area contributed by atoms with E-state index in [1.165, 1.54) is 6.07 Å². The SMILES string of the molecule is NS(=O)(=O)c1ccccc1NCC1CCCCC1O. The van der Waals surface area contributed by atoms with Crippen molar-refractivity contribution in [3.63, 3.8) is 0 Å². The van der Waals surface area contributed by atoms with Gasteiger partial charge >= 0.3 is 0 Å². The van der Waals surface area contributed by atoms with Gasteiger partial charge in [0.1, 0.15) is 4.90 Å². The first kappa shape index (κ1) is 14.3. The van der Waals surface area contributed by atoms with Crippen molar-refractivity contribution in [3.05, 3.63) is 24.3 Å². The largest absolute Gasteiger partial charge is 0.393 e. The van der Waals surface area contributed by atoms with E-state index in [1.54, 1.807) is 18.2 Å². The van der Waals surface area contributed by atoms with Gasteiger partial charge in [-0.25, -0.2) is 13.6 Å². The molecule has 0 radical (unpaired) electrons. The lowest BCUT2D eigenvalue weighted by Crippen LogP contribution is -2.30. The topological polar surface area (TPSA) is 92.4 Å². The van der Waals surface area contributed by atoms with Gasteiger partial charge in [-0.1, -0.05) is 25.0 Å². The Morgan fingerprint density at radius 3 is 2.63 bits per heavy atom. The number of hydrogen-bond donors (Lipinski definition) is 3. The van der Waals surface area contributed by atoms with Crippen LogP contribution in [-0.2, 0) is 10.0 Å². The maximum absolute atomic E-state index is 11.5. The molecular formula is C13H20N2O3S. The zero-order chi connectivity index (χ0) is 13.9. The number of para-hydroxylation sites is 1. The van der Waals surface area contributed by atoms with Crippen LogP contribution in [0.4, 0.5) is 5.69 Å². The van der Waals surface area contributed by atoms with Gasteiger partial charge in [-0.15, -0.1) is 0 Å². The van der Waals surface area contributed by atoms with Gasteiger partial charge in [0.25, 0.3) is 0 Å². The van der Waals surface area contributed by atoms with Crippen molar-refractivity contribution in [1.82, 2.24) is 0 Å². The molecule has 5 nitrogen and oxygen atoms in total. The highest BCUT2D eigenvalue weighted by atomic mass is 32.2. The standard InChI is InChI=1S/C13H20N2O3S/c14-19(17,18)13-8-4-2-6-11(13)15-9-10-5-1-3-7-12(10)16/h2,4,6,8,10,12,15-16H,1,3,5,7,9H2,(H2,14,17,18). The molecule has 2 rings (SSSR count). The smallest absolute Gasteiger partial charge is 0.240 e. The van der Waals surface area contributed by atoms with Crippen molar-refractivity contribution in [2.75, 3.05) is 11.9 Å². The van der Waals surface area contributed by atoms with Crippen molar-refractivity contribution < 1.29 is 13.5 Å². The van der Waals surface area contributed by atoms with E-state index in [9.17, 15) is 13.5 Å². The quantitative estimate of drug-likeness (QED) is 0.777. The molecule has 6 heteroatoms. The fourth-order valence-electron chi connectivity index (χ4n) is 2.53. The zero-order valence-electron chi connectivity index (χ0n) is 10.7. The minimum absolute atomic E-state index is 0.0975. The summed E-state index contributed by atoms with van der Waals surface area (Å²) in [5.74, 6) is 0.169. The van der Waals surface area contributed by atoms with Gasteiger partial charge in [0.2, 0.25) is 10.0 Å². The van der Waals surface area contributed by atoms with Crippen LogP contribution in [-0.4, -0.2) is 26.2 Å². The minimum atomic E-state index is -3.72. The molecule has 0 spiro atoms. The number of primary sulfonamides is 1. The third-order valence-electron chi connectivity index (χ3n) is 3.62. The molecule has 0 bridgehead atoms. The summed E-state index contributed by atoms with van der Waals surface area (Å²) in [4.78, 5) is 0.0975. The molecule has 0 saturated heterocycles. The van der Waals surface area contributed by atoms with E-state index < -0.39 is 10.0 Å². The Hall–Kier alpha value is -1.11. The van der Waals surface area contributed by atoms with Gasteiger partial charge < -0.3 is 10.4 Å². The first-order valence-electron chi connectivity index (χ1n) is 6.52. The van der Waals surface area contributed by atoms with Crippen LogP contribution in [0.2, 0.25) is 0 Å². The van der Waals surface area contributed by atoms with Gasteiger partial charge in [0, 0.05) is 12.5 Å². The number of aliphatic hydroxyl groups excluding tert-OH is 1. The third kappa shape index (κ3) is 3.68. The van der Waals surface area contributed by atoms with Crippen molar-refractivity contribution in [3.8, 4) is 0 Å². The van der Waals surface area contributed by atoms with Crippen LogP contribution in [0.5, 0.6) is 0 Å². The summed E-state index contributed by atoms with van der Waals surface area (Å²) in [7, 11) is -3.72. The highest BCUT2D eigenvalue weighted by molar-refractivity contribution is 7.89. The molecule has 4 N–H and O–H groups in total. The van der Waals surface area contributed by atoms with Crippen molar-refractivity contribution >= 4 is 15.7 Å². The highest BCUT2D eigenvalue weighted by Gasteiger charge is 2.23. The molecule has 0 heterocycles. The normalized spacial score (nSPS) is 24.1. The summed E-state index contributed by atoms with van der Waals surface area (Å²) in [5.41, 5.74) is 0.503. The maximum atomic E-state index is 11.5. The second-order valence-corrected chi connectivity index (χ2v) is 6.56. The summed E-state index contributed by atoms with van der Waals surface area (Å²) in [6.07, 6.45) is 3.66. The minimum Gasteiger partial charge on any atom is -0.393 e. The van der Waals surface area contributed by atoms with Gasteiger partial charge in [0.15, 0.2) is 0 Å². The molecule has 0 aromatic heterocycles. The molecule has 0 amide bonds. The van der Waals surface area contributed by atoms with E-state index in [1.807, 2.05) is 0 Å². The number of sulfonamides is 1. The molecule has 2 atom stereocenters. The van der Waals surface area contributed by atoms with E-state index in [4.69, 9.17) is 5.14 Å². The van der Waals surface area contributed by atoms with Crippen LogP contribution in [0.1, 0.15) is 25.7 Å². The summed E-state index contributed by atoms with van der Waals surface area (Å²) in [6.45, 7) is 0.563. The summed E-state index contributed by atoms with van der Waals surface area (Å²) < 4.78 is 22.9. The summed E-state index contributed by atoms with van der Waals surface area (Å²) in [5, 5.41) is 18.2. The van der Waals surface area contributed by atoms with Crippen LogP contribution in [0, 0.1) is 5.92 Å². The predicted octanol–water partition coefficient (Wildman–Crippen LogP) is 1.30. The van der Waals surface area contributed by atoms with E-state index in [2.05, 4.69) is 5.32 Å². The second-order valence-electron chi connectivity index (χ2n) is 5.03. The molecule has 2 unspecified atom stereocenters. The molecule has 0 aliphatic heterocycles. The number of nitrogens with one attached hydrogen (secondary N) is 1. The van der Waals surface area contributed by atoms with Gasteiger partial charge in [0.05, 0.1) is 11.8 Å². The van der Waals surface area contributed by atoms with Crippen LogP contribution >= 0.6 is 0 Å². The number of benzene rings is 1. The molecule has 106 valence electrons. The van der Waals surface area contributed by atoms with Gasteiger partial charge in [-0.05, 0) is 25.0 Å².